The Morgan fingerprint density at radius 1 is 1.53 bits per heavy atom. The summed E-state index contributed by atoms with van der Waals surface area (Å²) in [4.78, 5) is 23.6. The van der Waals surface area contributed by atoms with Crippen LogP contribution in [-0.2, 0) is 16.1 Å². The molecule has 9 heteroatoms. The molecule has 17 heavy (non-hydrogen) atoms. The predicted octanol–water partition coefficient (Wildman–Crippen LogP) is -0.672. The maximum absolute atomic E-state index is 11.5. The predicted molar refractivity (Wildman–Crippen MR) is 59.5 cm³/mol. The van der Waals surface area contributed by atoms with Gasteiger partial charge in [0.05, 0.1) is 5.75 Å². The molecule has 0 aliphatic heterocycles. The number of aromatic nitrogens is 4. The number of thioether (sulfide) groups is 1. The van der Waals surface area contributed by atoms with Crippen LogP contribution in [0.3, 0.4) is 0 Å². The van der Waals surface area contributed by atoms with Gasteiger partial charge < -0.3 is 10.0 Å². The second-order valence-electron chi connectivity index (χ2n) is 3.21. The summed E-state index contributed by atoms with van der Waals surface area (Å²) in [6.07, 6.45) is 0. The number of tetrazole rings is 1. The molecule has 0 saturated carbocycles. The van der Waals surface area contributed by atoms with Crippen LogP contribution in [-0.4, -0.2) is 61.4 Å². The largest absolute Gasteiger partial charge is 0.480 e. The first-order valence-corrected chi connectivity index (χ1v) is 5.87. The highest BCUT2D eigenvalue weighted by Crippen LogP contribution is 2.13. The van der Waals surface area contributed by atoms with Gasteiger partial charge in [0, 0.05) is 13.6 Å². The van der Waals surface area contributed by atoms with E-state index in [4.69, 9.17) is 5.11 Å². The average molecular weight is 259 g/mol. The smallest absolute Gasteiger partial charge is 0.325 e. The summed E-state index contributed by atoms with van der Waals surface area (Å²) in [7, 11) is 1.70. The van der Waals surface area contributed by atoms with E-state index in [0.717, 1.165) is 16.4 Å². The zero-order valence-electron chi connectivity index (χ0n) is 9.53. The Labute approximate surface area is 102 Å². The summed E-state index contributed by atoms with van der Waals surface area (Å²) in [5.41, 5.74) is 0. The van der Waals surface area contributed by atoms with Crippen LogP contribution in [0, 0.1) is 0 Å². The van der Waals surface area contributed by atoms with Crippen molar-refractivity contribution in [1.82, 2.24) is 25.1 Å². The third kappa shape index (κ3) is 4.02. The Hall–Kier alpha value is -1.64. The number of nitrogens with zero attached hydrogens (tertiary/aromatic N) is 5. The number of rotatable bonds is 6. The second-order valence-corrected chi connectivity index (χ2v) is 4.15. The van der Waals surface area contributed by atoms with Gasteiger partial charge in [0.2, 0.25) is 11.1 Å². The number of hydrogen-bond donors (Lipinski definition) is 1. The monoisotopic (exact) mass is 259 g/mol. The summed E-state index contributed by atoms with van der Waals surface area (Å²) < 4.78 is 1.15. The molecule has 8 nitrogen and oxygen atoms in total. The zero-order chi connectivity index (χ0) is 12.8. The first-order valence-electron chi connectivity index (χ1n) is 4.89. The van der Waals surface area contributed by atoms with Crippen LogP contribution in [0.4, 0.5) is 0 Å². The van der Waals surface area contributed by atoms with Gasteiger partial charge in [-0.2, -0.15) is 0 Å². The first-order chi connectivity index (χ1) is 8.04. The summed E-state index contributed by atoms with van der Waals surface area (Å²) in [5.74, 6) is -0.900. The number of carboxylic acids is 1. The van der Waals surface area contributed by atoms with E-state index in [1.54, 1.807) is 11.9 Å². The van der Waals surface area contributed by atoms with Crippen LogP contribution in [0.15, 0.2) is 5.16 Å². The van der Waals surface area contributed by atoms with E-state index < -0.39 is 5.97 Å². The van der Waals surface area contributed by atoms with Crippen molar-refractivity contribution in [2.24, 2.45) is 0 Å². The Kier molecular flexibility index (Phi) is 4.88. The molecule has 0 radical (unpaired) electrons. The molecule has 0 spiro atoms. The summed E-state index contributed by atoms with van der Waals surface area (Å²) >= 11 is 1.12. The summed E-state index contributed by atoms with van der Waals surface area (Å²) in [6, 6.07) is 0. The van der Waals surface area contributed by atoms with Gasteiger partial charge in [-0.3, -0.25) is 9.59 Å². The molecule has 0 unspecified atom stereocenters. The van der Waals surface area contributed by atoms with E-state index >= 15 is 0 Å². The van der Waals surface area contributed by atoms with E-state index in [9.17, 15) is 9.59 Å². The number of carboxylic acid groups (broad SMARTS) is 1. The van der Waals surface area contributed by atoms with E-state index in [0.29, 0.717) is 11.7 Å². The third-order valence-corrected chi connectivity index (χ3v) is 2.95. The Morgan fingerprint density at radius 3 is 2.82 bits per heavy atom. The van der Waals surface area contributed by atoms with Gasteiger partial charge in [-0.25, -0.2) is 4.68 Å². The van der Waals surface area contributed by atoms with Crippen LogP contribution in [0.5, 0.6) is 0 Å². The van der Waals surface area contributed by atoms with Gasteiger partial charge in [-0.15, -0.1) is 5.10 Å². The SMILES string of the molecule is CCN(C)C(=O)CSc1nnnn1CC(=O)O. The number of carbonyl (C=O) groups is 2. The van der Waals surface area contributed by atoms with Crippen molar-refractivity contribution in [3.63, 3.8) is 0 Å². The number of amides is 1. The fourth-order valence-electron chi connectivity index (χ4n) is 0.940. The van der Waals surface area contributed by atoms with Crippen LogP contribution in [0.2, 0.25) is 0 Å². The summed E-state index contributed by atoms with van der Waals surface area (Å²) in [6.45, 7) is 2.18. The fraction of sp³-hybridized carbons (Fsp3) is 0.625. The molecule has 0 aromatic carbocycles. The number of aliphatic carboxylic acids is 1. The van der Waals surface area contributed by atoms with Crippen LogP contribution < -0.4 is 0 Å². The van der Waals surface area contributed by atoms with Gasteiger partial charge in [0.15, 0.2) is 0 Å². The highest BCUT2D eigenvalue weighted by Gasteiger charge is 2.13. The molecule has 1 aromatic heterocycles. The number of hydrogen-bond acceptors (Lipinski definition) is 6. The van der Waals surface area contributed by atoms with Crippen LogP contribution >= 0.6 is 11.8 Å². The average Bonchev–Trinajstić information content (AvgIpc) is 2.71. The highest BCUT2D eigenvalue weighted by atomic mass is 32.2. The van der Waals surface area contributed by atoms with Crippen molar-refractivity contribution < 1.29 is 14.7 Å². The Balaban J connectivity index is 2.54. The third-order valence-electron chi connectivity index (χ3n) is 2.01. The Bertz CT molecular complexity index is 408. The van der Waals surface area contributed by atoms with Crippen molar-refractivity contribution in [3.8, 4) is 0 Å². The minimum absolute atomic E-state index is 0.0534. The molecule has 1 N–H and O–H groups in total. The first kappa shape index (κ1) is 13.4. The van der Waals surface area contributed by atoms with Crippen molar-refractivity contribution in [1.29, 1.82) is 0 Å². The molecular formula is C8H13N5O3S. The quantitative estimate of drug-likeness (QED) is 0.676. The van der Waals surface area contributed by atoms with Crippen molar-refractivity contribution in [2.45, 2.75) is 18.6 Å². The van der Waals surface area contributed by atoms with E-state index in [-0.39, 0.29) is 18.2 Å². The lowest BCUT2D eigenvalue weighted by atomic mass is 10.5. The maximum atomic E-state index is 11.5. The lowest BCUT2D eigenvalue weighted by molar-refractivity contribution is -0.138. The van der Waals surface area contributed by atoms with Gasteiger partial charge in [-0.1, -0.05) is 11.8 Å². The van der Waals surface area contributed by atoms with E-state index in [1.807, 2.05) is 6.92 Å². The molecule has 1 amide bonds. The fourth-order valence-corrected chi connectivity index (χ4v) is 1.76. The van der Waals surface area contributed by atoms with Gasteiger partial charge >= 0.3 is 5.97 Å². The van der Waals surface area contributed by atoms with Gasteiger partial charge in [-0.05, 0) is 17.4 Å². The standard InChI is InChI=1S/C8H13N5O3S/c1-3-12(2)6(14)5-17-8-9-10-11-13(8)4-7(15)16/h3-5H2,1-2H3,(H,15,16). The normalized spacial score (nSPS) is 10.2. The molecule has 0 atom stereocenters. The minimum Gasteiger partial charge on any atom is -0.480 e. The highest BCUT2D eigenvalue weighted by molar-refractivity contribution is 7.99. The molecule has 0 aliphatic rings. The van der Waals surface area contributed by atoms with Crippen LogP contribution in [0.1, 0.15) is 6.92 Å². The molecule has 0 fully saturated rings. The lowest BCUT2D eigenvalue weighted by Gasteiger charge is -2.13. The Morgan fingerprint density at radius 2 is 2.24 bits per heavy atom. The molecule has 1 rings (SSSR count). The molecule has 1 heterocycles. The van der Waals surface area contributed by atoms with Crippen molar-refractivity contribution in [2.75, 3.05) is 19.3 Å². The van der Waals surface area contributed by atoms with Crippen molar-refractivity contribution in [3.05, 3.63) is 0 Å². The maximum Gasteiger partial charge on any atom is 0.325 e. The van der Waals surface area contributed by atoms with Crippen LogP contribution in [0.25, 0.3) is 0 Å². The molecule has 0 bridgehead atoms. The zero-order valence-corrected chi connectivity index (χ0v) is 10.3. The minimum atomic E-state index is -1.03. The molecule has 1 aromatic rings. The topological polar surface area (TPSA) is 101 Å². The van der Waals surface area contributed by atoms with E-state index in [2.05, 4.69) is 15.5 Å². The molecule has 0 aliphatic carbocycles. The van der Waals surface area contributed by atoms with Crippen molar-refractivity contribution >= 4 is 23.6 Å². The lowest BCUT2D eigenvalue weighted by Crippen LogP contribution is -2.28. The summed E-state index contributed by atoms with van der Waals surface area (Å²) in [5, 5.41) is 19.5. The van der Waals surface area contributed by atoms with Gasteiger partial charge in [0.1, 0.15) is 6.54 Å². The molecule has 94 valence electrons. The number of carbonyl (C=O) groups excluding carboxylic acids is 1. The molecule has 0 saturated heterocycles. The van der Waals surface area contributed by atoms with E-state index in [1.165, 1.54) is 0 Å². The van der Waals surface area contributed by atoms with Gasteiger partial charge in [0.25, 0.3) is 0 Å². The second kappa shape index (κ2) is 6.18. The molecular weight excluding hydrogens is 246 g/mol.